The Morgan fingerprint density at radius 3 is 2.38 bits per heavy atom. The molecule has 3 heteroatoms. The van der Waals surface area contributed by atoms with E-state index < -0.39 is 0 Å². The second-order valence-electron chi connectivity index (χ2n) is 5.47. The average molecular weight is 367 g/mol. The van der Waals surface area contributed by atoms with E-state index in [9.17, 15) is 0 Å². The molecule has 0 radical (unpaired) electrons. The summed E-state index contributed by atoms with van der Waals surface area (Å²) in [4.78, 5) is 0. The first kappa shape index (κ1) is 16.5. The molecule has 2 aromatic rings. The zero-order valence-electron chi connectivity index (χ0n) is 12.9. The number of halogens is 2. The molecule has 0 bridgehead atoms. The molecule has 112 valence electrons. The van der Waals surface area contributed by atoms with Crippen molar-refractivity contribution in [3.8, 4) is 0 Å². The van der Waals surface area contributed by atoms with Crippen molar-refractivity contribution in [2.24, 2.45) is 0 Å². The first-order chi connectivity index (χ1) is 9.93. The minimum atomic E-state index is 0.0936. The smallest absolute Gasteiger partial charge is 0.0602 e. The lowest BCUT2D eigenvalue weighted by Crippen LogP contribution is -2.23. The van der Waals surface area contributed by atoms with Crippen LogP contribution < -0.4 is 5.32 Å². The predicted octanol–water partition coefficient (Wildman–Crippen LogP) is 5.73. The fourth-order valence-electron chi connectivity index (χ4n) is 2.50. The van der Waals surface area contributed by atoms with E-state index in [1.54, 1.807) is 0 Å². The van der Waals surface area contributed by atoms with Crippen LogP contribution in [0.1, 0.15) is 40.8 Å². The third-order valence-corrected chi connectivity index (χ3v) is 4.84. The topological polar surface area (TPSA) is 12.0 Å². The van der Waals surface area contributed by atoms with E-state index in [1.165, 1.54) is 22.3 Å². The molecule has 0 spiro atoms. The van der Waals surface area contributed by atoms with Gasteiger partial charge in [0, 0.05) is 9.50 Å². The van der Waals surface area contributed by atoms with Crippen molar-refractivity contribution in [1.29, 1.82) is 0 Å². The molecule has 0 aromatic heterocycles. The van der Waals surface area contributed by atoms with Crippen molar-refractivity contribution in [1.82, 2.24) is 5.32 Å². The summed E-state index contributed by atoms with van der Waals surface area (Å²) in [5.41, 5.74) is 6.09. The Morgan fingerprint density at radius 1 is 1.05 bits per heavy atom. The van der Waals surface area contributed by atoms with E-state index in [0.717, 1.165) is 21.6 Å². The predicted molar refractivity (Wildman–Crippen MR) is 95.3 cm³/mol. The SMILES string of the molecule is CCNC(c1cc(C)c(C)cc1Cl)c1cc(C)ccc1Br. The molecule has 0 saturated heterocycles. The summed E-state index contributed by atoms with van der Waals surface area (Å²) in [5.74, 6) is 0. The molecular weight excluding hydrogens is 346 g/mol. The Labute approximate surface area is 140 Å². The Bertz CT molecular complexity index is 652. The number of aryl methyl sites for hydroxylation is 3. The van der Waals surface area contributed by atoms with E-state index in [-0.39, 0.29) is 6.04 Å². The molecule has 1 N–H and O–H groups in total. The summed E-state index contributed by atoms with van der Waals surface area (Å²) < 4.78 is 1.10. The van der Waals surface area contributed by atoms with Crippen LogP contribution in [0.15, 0.2) is 34.8 Å². The van der Waals surface area contributed by atoms with Crippen molar-refractivity contribution < 1.29 is 0 Å². The Balaban J connectivity index is 2.58. The van der Waals surface area contributed by atoms with Gasteiger partial charge >= 0.3 is 0 Å². The van der Waals surface area contributed by atoms with Gasteiger partial charge in [-0.2, -0.15) is 0 Å². The first-order valence-electron chi connectivity index (χ1n) is 7.20. The van der Waals surface area contributed by atoms with E-state index in [1.807, 2.05) is 0 Å². The normalized spacial score (nSPS) is 12.5. The third kappa shape index (κ3) is 3.68. The van der Waals surface area contributed by atoms with Crippen LogP contribution in [-0.4, -0.2) is 6.54 Å². The van der Waals surface area contributed by atoms with Crippen LogP contribution in [0, 0.1) is 20.8 Å². The Kier molecular flexibility index (Phi) is 5.48. The second kappa shape index (κ2) is 6.95. The number of nitrogens with one attached hydrogen (secondary N) is 1. The summed E-state index contributed by atoms with van der Waals surface area (Å²) in [6.07, 6.45) is 0. The van der Waals surface area contributed by atoms with Crippen molar-refractivity contribution in [3.05, 3.63) is 67.6 Å². The summed E-state index contributed by atoms with van der Waals surface area (Å²) >= 11 is 10.2. The van der Waals surface area contributed by atoms with Gasteiger partial charge in [-0.3, -0.25) is 0 Å². The van der Waals surface area contributed by atoms with Gasteiger partial charge in [-0.05, 0) is 61.7 Å². The molecule has 2 rings (SSSR count). The van der Waals surface area contributed by atoms with E-state index in [2.05, 4.69) is 79.3 Å². The molecule has 0 aliphatic rings. The van der Waals surface area contributed by atoms with Crippen molar-refractivity contribution >= 4 is 27.5 Å². The zero-order valence-corrected chi connectivity index (χ0v) is 15.3. The van der Waals surface area contributed by atoms with Gasteiger partial charge in [-0.15, -0.1) is 0 Å². The largest absolute Gasteiger partial charge is 0.306 e. The van der Waals surface area contributed by atoms with E-state index >= 15 is 0 Å². The fraction of sp³-hybridized carbons (Fsp3) is 0.333. The van der Waals surface area contributed by atoms with E-state index in [4.69, 9.17) is 11.6 Å². The minimum Gasteiger partial charge on any atom is -0.306 e. The average Bonchev–Trinajstić information content (AvgIpc) is 2.43. The van der Waals surface area contributed by atoms with Crippen molar-refractivity contribution in [2.45, 2.75) is 33.7 Å². The molecule has 0 heterocycles. The number of benzene rings is 2. The lowest BCUT2D eigenvalue weighted by molar-refractivity contribution is 0.628. The summed E-state index contributed by atoms with van der Waals surface area (Å²) in [6.45, 7) is 9.33. The lowest BCUT2D eigenvalue weighted by Gasteiger charge is -2.23. The van der Waals surface area contributed by atoms with Crippen LogP contribution in [0.2, 0.25) is 5.02 Å². The van der Waals surface area contributed by atoms with Crippen LogP contribution in [-0.2, 0) is 0 Å². The summed E-state index contributed by atoms with van der Waals surface area (Å²) in [5, 5.41) is 4.37. The van der Waals surface area contributed by atoms with Gasteiger partial charge in [0.15, 0.2) is 0 Å². The molecule has 2 aromatic carbocycles. The molecule has 0 amide bonds. The Hall–Kier alpha value is -0.830. The summed E-state index contributed by atoms with van der Waals surface area (Å²) in [6, 6.07) is 10.8. The maximum atomic E-state index is 6.52. The first-order valence-corrected chi connectivity index (χ1v) is 8.37. The lowest BCUT2D eigenvalue weighted by atomic mass is 9.94. The number of rotatable bonds is 4. The van der Waals surface area contributed by atoms with Gasteiger partial charge in [0.05, 0.1) is 6.04 Å². The minimum absolute atomic E-state index is 0.0936. The van der Waals surface area contributed by atoms with Crippen LogP contribution in [0.4, 0.5) is 0 Å². The maximum absolute atomic E-state index is 6.52. The van der Waals surface area contributed by atoms with Gasteiger partial charge in [0.1, 0.15) is 0 Å². The monoisotopic (exact) mass is 365 g/mol. The second-order valence-corrected chi connectivity index (χ2v) is 6.74. The van der Waals surface area contributed by atoms with Crippen LogP contribution in [0.5, 0.6) is 0 Å². The molecule has 0 saturated carbocycles. The van der Waals surface area contributed by atoms with Crippen LogP contribution in [0.25, 0.3) is 0 Å². The van der Waals surface area contributed by atoms with Crippen molar-refractivity contribution in [2.75, 3.05) is 6.54 Å². The van der Waals surface area contributed by atoms with Gasteiger partial charge in [-0.1, -0.05) is 58.2 Å². The van der Waals surface area contributed by atoms with Gasteiger partial charge in [-0.25, -0.2) is 0 Å². The number of hydrogen-bond donors (Lipinski definition) is 1. The molecule has 1 atom stereocenters. The fourth-order valence-corrected chi connectivity index (χ4v) is 3.30. The highest BCUT2D eigenvalue weighted by Crippen LogP contribution is 2.34. The highest BCUT2D eigenvalue weighted by Gasteiger charge is 2.19. The van der Waals surface area contributed by atoms with Crippen molar-refractivity contribution in [3.63, 3.8) is 0 Å². The quantitative estimate of drug-likeness (QED) is 0.729. The van der Waals surface area contributed by atoms with Crippen LogP contribution in [0.3, 0.4) is 0 Å². The molecule has 0 aliphatic carbocycles. The van der Waals surface area contributed by atoms with Crippen LogP contribution >= 0.6 is 27.5 Å². The standard InChI is InChI=1S/C18H21BrClN/c1-5-21-18(14-8-11(2)6-7-16(14)19)15-9-12(3)13(4)10-17(15)20/h6-10,18,21H,5H2,1-4H3. The van der Waals surface area contributed by atoms with Gasteiger partial charge < -0.3 is 5.32 Å². The highest BCUT2D eigenvalue weighted by molar-refractivity contribution is 9.10. The molecule has 1 unspecified atom stereocenters. The number of hydrogen-bond acceptors (Lipinski definition) is 1. The van der Waals surface area contributed by atoms with E-state index in [0.29, 0.717) is 0 Å². The zero-order chi connectivity index (χ0) is 15.6. The molecule has 0 aliphatic heterocycles. The maximum Gasteiger partial charge on any atom is 0.0602 e. The molecule has 1 nitrogen and oxygen atoms in total. The Morgan fingerprint density at radius 2 is 1.71 bits per heavy atom. The van der Waals surface area contributed by atoms with Gasteiger partial charge in [0.2, 0.25) is 0 Å². The van der Waals surface area contributed by atoms with Gasteiger partial charge in [0.25, 0.3) is 0 Å². The third-order valence-electron chi connectivity index (χ3n) is 3.79. The summed E-state index contributed by atoms with van der Waals surface area (Å²) in [7, 11) is 0. The molecular formula is C18H21BrClN. The molecule has 21 heavy (non-hydrogen) atoms. The molecule has 0 fully saturated rings. The highest BCUT2D eigenvalue weighted by atomic mass is 79.9.